The number of aliphatic imine (C=N–C) groups is 1. The molecule has 1 heterocycles. The fraction of sp³-hybridized carbons (Fsp3) is 0.579. The number of nitrogens with two attached hydrogens (primary N) is 1. The predicted molar refractivity (Wildman–Crippen MR) is 107 cm³/mol. The van der Waals surface area contributed by atoms with E-state index < -0.39 is 0 Å². The van der Waals surface area contributed by atoms with Gasteiger partial charge in [0.25, 0.3) is 0 Å². The monoisotopic (exact) mass is 396 g/mol. The number of carbonyl (C=O) groups excluding carboxylic acids is 1. The summed E-state index contributed by atoms with van der Waals surface area (Å²) in [4.78, 5) is 17.9. The maximum absolute atomic E-state index is 11.7. The Labute approximate surface area is 165 Å². The van der Waals surface area contributed by atoms with Crippen LogP contribution in [-0.2, 0) is 4.74 Å². The van der Waals surface area contributed by atoms with Crippen LogP contribution in [0.25, 0.3) is 0 Å². The summed E-state index contributed by atoms with van der Waals surface area (Å²) in [6.07, 6.45) is 2.06. The summed E-state index contributed by atoms with van der Waals surface area (Å²) in [5.41, 5.74) is 6.03. The van der Waals surface area contributed by atoms with E-state index in [1.54, 1.807) is 11.0 Å². The van der Waals surface area contributed by atoms with Crippen LogP contribution < -0.4 is 15.8 Å². The summed E-state index contributed by atoms with van der Waals surface area (Å²) in [5.74, 6) is 1.05. The Kier molecular flexibility index (Phi) is 8.51. The number of nitrogens with one attached hydrogen (secondary N) is 1. The van der Waals surface area contributed by atoms with Crippen LogP contribution in [0.3, 0.4) is 0 Å². The zero-order valence-electron chi connectivity index (χ0n) is 16.0. The summed E-state index contributed by atoms with van der Waals surface area (Å²) < 4.78 is 10.9. The van der Waals surface area contributed by atoms with Gasteiger partial charge in [-0.25, -0.2) is 9.79 Å². The van der Waals surface area contributed by atoms with E-state index in [0.29, 0.717) is 43.0 Å². The van der Waals surface area contributed by atoms with Gasteiger partial charge in [0.05, 0.1) is 18.2 Å². The molecule has 1 aromatic carbocycles. The lowest BCUT2D eigenvalue weighted by Gasteiger charge is -2.31. The van der Waals surface area contributed by atoms with Gasteiger partial charge in [0.15, 0.2) is 5.96 Å². The molecule has 0 saturated carbocycles. The van der Waals surface area contributed by atoms with Crippen molar-refractivity contribution in [2.24, 2.45) is 10.7 Å². The number of carbonyl (C=O) groups is 1. The minimum Gasteiger partial charge on any atom is -0.487 e. The highest BCUT2D eigenvalue weighted by atomic mass is 35.5. The Balaban J connectivity index is 1.78. The molecule has 1 fully saturated rings. The maximum Gasteiger partial charge on any atom is 0.409 e. The second-order valence-corrected chi connectivity index (χ2v) is 6.82. The fourth-order valence-electron chi connectivity index (χ4n) is 2.85. The number of likely N-dealkylation sites (tertiary alicyclic amines) is 1. The lowest BCUT2D eigenvalue weighted by Crippen LogP contribution is -2.48. The van der Waals surface area contributed by atoms with Gasteiger partial charge in [0.1, 0.15) is 11.9 Å². The van der Waals surface area contributed by atoms with Gasteiger partial charge in [-0.15, -0.1) is 0 Å². The minimum absolute atomic E-state index is 0.101. The van der Waals surface area contributed by atoms with E-state index in [-0.39, 0.29) is 18.2 Å². The van der Waals surface area contributed by atoms with E-state index >= 15 is 0 Å². The van der Waals surface area contributed by atoms with Crippen molar-refractivity contribution >= 4 is 23.7 Å². The van der Waals surface area contributed by atoms with Gasteiger partial charge in [0.2, 0.25) is 0 Å². The first-order valence-electron chi connectivity index (χ1n) is 9.42. The second kappa shape index (κ2) is 10.9. The van der Waals surface area contributed by atoms with E-state index in [1.807, 2.05) is 32.0 Å². The standard InChI is InChI=1S/C19H29ClN4O3/c1-3-15(27-17-8-6-5-7-16(17)20)13-22-18(21)23-14-9-11-24(12-10-14)19(25)26-4-2/h5-8,14-15H,3-4,9-13H2,1-2H3,(H3,21,22,23). The number of hydrogen-bond acceptors (Lipinski definition) is 4. The van der Waals surface area contributed by atoms with Crippen LogP contribution in [0.1, 0.15) is 33.1 Å². The summed E-state index contributed by atoms with van der Waals surface area (Å²) >= 11 is 6.14. The van der Waals surface area contributed by atoms with E-state index in [2.05, 4.69) is 10.3 Å². The third-order valence-electron chi connectivity index (χ3n) is 4.42. The van der Waals surface area contributed by atoms with Gasteiger partial charge in [-0.05, 0) is 38.3 Å². The lowest BCUT2D eigenvalue weighted by atomic mass is 10.1. The summed E-state index contributed by atoms with van der Waals surface area (Å²) in [7, 11) is 0. The largest absolute Gasteiger partial charge is 0.487 e. The van der Waals surface area contributed by atoms with Crippen molar-refractivity contribution in [3.8, 4) is 5.75 Å². The highest BCUT2D eigenvalue weighted by Crippen LogP contribution is 2.24. The minimum atomic E-state index is -0.250. The highest BCUT2D eigenvalue weighted by molar-refractivity contribution is 6.32. The van der Waals surface area contributed by atoms with Crippen molar-refractivity contribution in [2.45, 2.75) is 45.3 Å². The van der Waals surface area contributed by atoms with Crippen LogP contribution in [-0.4, -0.2) is 55.3 Å². The molecule has 3 N–H and O–H groups in total. The van der Waals surface area contributed by atoms with Gasteiger partial charge in [-0.3, -0.25) is 0 Å². The molecule has 8 heteroatoms. The number of rotatable bonds is 7. The maximum atomic E-state index is 11.7. The number of guanidine groups is 1. The smallest absolute Gasteiger partial charge is 0.409 e. The Morgan fingerprint density at radius 2 is 2.07 bits per heavy atom. The molecule has 1 saturated heterocycles. The van der Waals surface area contributed by atoms with Gasteiger partial charge >= 0.3 is 6.09 Å². The number of para-hydroxylation sites is 1. The summed E-state index contributed by atoms with van der Waals surface area (Å²) in [6.45, 7) is 5.98. The van der Waals surface area contributed by atoms with Crippen LogP contribution in [0.4, 0.5) is 4.79 Å². The van der Waals surface area contributed by atoms with Crippen LogP contribution >= 0.6 is 11.6 Å². The Morgan fingerprint density at radius 3 is 2.70 bits per heavy atom. The summed E-state index contributed by atoms with van der Waals surface area (Å²) in [6, 6.07) is 7.59. The molecule has 0 aromatic heterocycles. The lowest BCUT2D eigenvalue weighted by molar-refractivity contribution is 0.0963. The van der Waals surface area contributed by atoms with Crippen molar-refractivity contribution in [1.82, 2.24) is 10.2 Å². The zero-order valence-corrected chi connectivity index (χ0v) is 16.7. The molecule has 1 aromatic rings. The molecule has 0 bridgehead atoms. The van der Waals surface area contributed by atoms with E-state index in [1.165, 1.54) is 0 Å². The van der Waals surface area contributed by atoms with Gasteiger partial charge in [0, 0.05) is 19.1 Å². The predicted octanol–water partition coefficient (Wildman–Crippen LogP) is 3.02. The first-order chi connectivity index (χ1) is 13.0. The first kappa shape index (κ1) is 21.2. The molecule has 1 atom stereocenters. The van der Waals surface area contributed by atoms with E-state index in [0.717, 1.165) is 19.3 Å². The number of amides is 1. The molecular formula is C19H29ClN4O3. The Hall–Kier alpha value is -2.15. The van der Waals surface area contributed by atoms with E-state index in [4.69, 9.17) is 26.8 Å². The van der Waals surface area contributed by atoms with Crippen LogP contribution in [0.5, 0.6) is 5.75 Å². The molecule has 1 aliphatic heterocycles. The normalized spacial score (nSPS) is 16.7. The Bertz CT molecular complexity index is 633. The number of benzene rings is 1. The third kappa shape index (κ3) is 6.82. The Morgan fingerprint density at radius 1 is 1.37 bits per heavy atom. The fourth-order valence-corrected chi connectivity index (χ4v) is 3.03. The highest BCUT2D eigenvalue weighted by Gasteiger charge is 2.23. The van der Waals surface area contributed by atoms with Crippen molar-refractivity contribution < 1.29 is 14.3 Å². The van der Waals surface area contributed by atoms with Crippen molar-refractivity contribution in [2.75, 3.05) is 26.2 Å². The average Bonchev–Trinajstić information content (AvgIpc) is 2.67. The topological polar surface area (TPSA) is 89.2 Å². The van der Waals surface area contributed by atoms with E-state index in [9.17, 15) is 4.79 Å². The van der Waals surface area contributed by atoms with Crippen LogP contribution in [0, 0.1) is 0 Å². The van der Waals surface area contributed by atoms with Crippen LogP contribution in [0.15, 0.2) is 29.3 Å². The molecule has 0 radical (unpaired) electrons. The SMILES string of the molecule is CCOC(=O)N1CCC(NC(N)=NCC(CC)Oc2ccccc2Cl)CC1. The number of nitrogens with zero attached hydrogens (tertiary/aromatic N) is 2. The zero-order chi connectivity index (χ0) is 19.6. The van der Waals surface area contributed by atoms with Crippen molar-refractivity contribution in [3.05, 3.63) is 29.3 Å². The molecule has 150 valence electrons. The number of ether oxygens (including phenoxy) is 2. The molecule has 27 heavy (non-hydrogen) atoms. The second-order valence-electron chi connectivity index (χ2n) is 6.41. The molecule has 2 rings (SSSR count). The molecule has 1 aliphatic rings. The van der Waals surface area contributed by atoms with Crippen molar-refractivity contribution in [3.63, 3.8) is 0 Å². The molecule has 1 unspecified atom stereocenters. The molecule has 7 nitrogen and oxygen atoms in total. The average molecular weight is 397 g/mol. The number of hydrogen-bond donors (Lipinski definition) is 2. The molecule has 0 spiro atoms. The van der Waals surface area contributed by atoms with Crippen molar-refractivity contribution in [1.29, 1.82) is 0 Å². The van der Waals surface area contributed by atoms with Gasteiger partial charge < -0.3 is 25.4 Å². The van der Waals surface area contributed by atoms with Gasteiger partial charge in [-0.2, -0.15) is 0 Å². The first-order valence-corrected chi connectivity index (χ1v) is 9.80. The number of halogens is 1. The third-order valence-corrected chi connectivity index (χ3v) is 4.74. The quantitative estimate of drug-likeness (QED) is 0.546. The molecule has 0 aliphatic carbocycles. The van der Waals surface area contributed by atoms with Crippen LogP contribution in [0.2, 0.25) is 5.02 Å². The number of piperidine rings is 1. The van der Waals surface area contributed by atoms with Gasteiger partial charge in [-0.1, -0.05) is 30.7 Å². The molecule has 1 amide bonds. The summed E-state index contributed by atoms with van der Waals surface area (Å²) in [5, 5.41) is 3.82. The molecular weight excluding hydrogens is 368 g/mol.